The van der Waals surface area contributed by atoms with Gasteiger partial charge in [0.1, 0.15) is 5.69 Å². The second-order valence-electron chi connectivity index (χ2n) is 6.88. The molecule has 4 rings (SSSR count). The number of aryl methyl sites for hydroxylation is 2. The Morgan fingerprint density at radius 1 is 0.857 bits per heavy atom. The molecular weight excluding hydrogens is 346 g/mol. The molecule has 4 nitrogen and oxygen atoms in total. The smallest absolute Gasteiger partial charge is 0.180 e. The van der Waals surface area contributed by atoms with Crippen molar-refractivity contribution in [1.29, 1.82) is 0 Å². The lowest BCUT2D eigenvalue weighted by molar-refractivity contribution is 0.101. The van der Waals surface area contributed by atoms with E-state index in [0.717, 1.165) is 33.3 Å². The van der Waals surface area contributed by atoms with Crippen LogP contribution in [-0.4, -0.2) is 21.4 Å². The van der Waals surface area contributed by atoms with Gasteiger partial charge in [0.2, 0.25) is 0 Å². The summed E-state index contributed by atoms with van der Waals surface area (Å²) >= 11 is 0. The van der Waals surface area contributed by atoms with E-state index in [2.05, 4.69) is 31.1 Å². The fourth-order valence-electron chi connectivity index (χ4n) is 3.40. The van der Waals surface area contributed by atoms with Crippen molar-refractivity contribution >= 4 is 28.2 Å². The first-order valence-corrected chi connectivity index (χ1v) is 9.25. The number of hydrogen-bond donors (Lipinski definition) is 0. The Bertz CT molecular complexity index is 1180. The van der Waals surface area contributed by atoms with Crippen molar-refractivity contribution in [3.05, 3.63) is 95.2 Å². The molecule has 4 aromatic rings. The van der Waals surface area contributed by atoms with Gasteiger partial charge in [-0.1, -0.05) is 66.7 Å². The third-order valence-corrected chi connectivity index (χ3v) is 4.81. The van der Waals surface area contributed by atoms with Gasteiger partial charge in [-0.05, 0) is 31.0 Å². The highest BCUT2D eigenvalue weighted by Gasteiger charge is 2.18. The average Bonchev–Trinajstić information content (AvgIpc) is 3.08. The Balaban J connectivity index is 2.05. The second-order valence-corrected chi connectivity index (χ2v) is 6.88. The zero-order valence-corrected chi connectivity index (χ0v) is 16.2. The Hall–Kier alpha value is -3.53. The summed E-state index contributed by atoms with van der Waals surface area (Å²) in [6.45, 7) is 5.65. The summed E-state index contributed by atoms with van der Waals surface area (Å²) < 4.78 is 1.78. The van der Waals surface area contributed by atoms with Crippen molar-refractivity contribution in [2.45, 2.75) is 20.8 Å². The highest BCUT2D eigenvalue weighted by molar-refractivity contribution is 6.11. The van der Waals surface area contributed by atoms with Gasteiger partial charge in [-0.25, -0.2) is 9.67 Å². The van der Waals surface area contributed by atoms with Gasteiger partial charge < -0.3 is 0 Å². The van der Waals surface area contributed by atoms with Gasteiger partial charge in [-0.15, -0.1) is 0 Å². The third-order valence-electron chi connectivity index (χ3n) is 4.81. The molecule has 0 saturated carbocycles. The summed E-state index contributed by atoms with van der Waals surface area (Å²) in [6.07, 6.45) is 0. The monoisotopic (exact) mass is 367 g/mol. The molecule has 0 atom stereocenters. The number of hydrogen-bond acceptors (Lipinski definition) is 3. The molecule has 4 heteroatoms. The first kappa shape index (κ1) is 17.9. The molecule has 0 fully saturated rings. The molecule has 0 spiro atoms. The molecule has 0 radical (unpaired) electrons. The lowest BCUT2D eigenvalue weighted by Crippen LogP contribution is -2.16. The van der Waals surface area contributed by atoms with Crippen LogP contribution in [0.5, 0.6) is 0 Å². The standard InChI is InChI=1S/C24H21N3O/c1-16-10-9-11-17(2)22(16)25-24(19-12-5-4-6-13-19)27-21-15-8-7-14-20(21)23(26-27)18(3)28/h4-15H,1-3H3/b25-24+. The largest absolute Gasteiger partial charge is 0.293 e. The van der Waals surface area contributed by atoms with Crippen LogP contribution in [0.25, 0.3) is 10.9 Å². The molecule has 0 aliphatic rings. The number of fused-ring (bicyclic) bond motifs is 1. The summed E-state index contributed by atoms with van der Waals surface area (Å²) in [6, 6.07) is 23.9. The number of para-hydroxylation sites is 2. The highest BCUT2D eigenvalue weighted by atomic mass is 16.1. The van der Waals surface area contributed by atoms with E-state index >= 15 is 0 Å². The van der Waals surface area contributed by atoms with E-state index in [9.17, 15) is 4.79 Å². The van der Waals surface area contributed by atoms with Gasteiger partial charge in [0.05, 0.1) is 11.2 Å². The van der Waals surface area contributed by atoms with Gasteiger partial charge in [0.25, 0.3) is 0 Å². The summed E-state index contributed by atoms with van der Waals surface area (Å²) in [5, 5.41) is 5.49. The number of rotatable bonds is 3. The van der Waals surface area contributed by atoms with Gasteiger partial charge >= 0.3 is 0 Å². The number of nitrogens with zero attached hydrogens (tertiary/aromatic N) is 3. The number of benzene rings is 3. The van der Waals surface area contributed by atoms with Crippen LogP contribution in [0.1, 0.15) is 34.1 Å². The Kier molecular flexibility index (Phi) is 4.62. The molecule has 1 heterocycles. The molecule has 0 amide bonds. The molecule has 0 bridgehead atoms. The van der Waals surface area contributed by atoms with E-state index in [1.54, 1.807) is 11.6 Å². The van der Waals surface area contributed by atoms with E-state index in [1.807, 2.05) is 60.7 Å². The van der Waals surface area contributed by atoms with Gasteiger partial charge in [0.15, 0.2) is 11.6 Å². The summed E-state index contributed by atoms with van der Waals surface area (Å²) in [4.78, 5) is 17.2. The molecular formula is C24H21N3O. The fourth-order valence-corrected chi connectivity index (χ4v) is 3.40. The van der Waals surface area contributed by atoms with E-state index in [-0.39, 0.29) is 5.78 Å². The molecule has 0 aliphatic carbocycles. The van der Waals surface area contributed by atoms with Crippen molar-refractivity contribution in [2.75, 3.05) is 0 Å². The fraction of sp³-hybridized carbons (Fsp3) is 0.125. The van der Waals surface area contributed by atoms with Crippen LogP contribution in [0.15, 0.2) is 77.8 Å². The Morgan fingerprint density at radius 2 is 1.50 bits per heavy atom. The minimum atomic E-state index is -0.0607. The second kappa shape index (κ2) is 7.24. The van der Waals surface area contributed by atoms with Crippen molar-refractivity contribution < 1.29 is 4.79 Å². The predicted octanol–water partition coefficient (Wildman–Crippen LogP) is 5.48. The predicted molar refractivity (Wildman–Crippen MR) is 114 cm³/mol. The molecule has 28 heavy (non-hydrogen) atoms. The molecule has 138 valence electrons. The number of aliphatic imine (C=N–C) groups is 1. The van der Waals surface area contributed by atoms with E-state index < -0.39 is 0 Å². The van der Waals surface area contributed by atoms with Crippen LogP contribution in [-0.2, 0) is 0 Å². The normalized spacial score (nSPS) is 11.8. The van der Waals surface area contributed by atoms with Crippen molar-refractivity contribution in [3.63, 3.8) is 0 Å². The van der Waals surface area contributed by atoms with Crippen molar-refractivity contribution in [2.24, 2.45) is 4.99 Å². The molecule has 0 saturated heterocycles. The van der Waals surface area contributed by atoms with Crippen molar-refractivity contribution in [1.82, 2.24) is 9.78 Å². The first-order valence-electron chi connectivity index (χ1n) is 9.25. The average molecular weight is 367 g/mol. The molecule has 0 aliphatic heterocycles. The van der Waals surface area contributed by atoms with E-state index in [4.69, 9.17) is 4.99 Å². The minimum Gasteiger partial charge on any atom is -0.293 e. The van der Waals surface area contributed by atoms with Crippen molar-refractivity contribution in [3.8, 4) is 0 Å². The summed E-state index contributed by atoms with van der Waals surface area (Å²) in [5.74, 6) is 0.635. The molecule has 0 unspecified atom stereocenters. The third kappa shape index (κ3) is 3.14. The lowest BCUT2D eigenvalue weighted by atomic mass is 10.1. The van der Waals surface area contributed by atoms with E-state index in [0.29, 0.717) is 11.5 Å². The summed E-state index contributed by atoms with van der Waals surface area (Å²) in [5.41, 5.74) is 5.37. The van der Waals surface area contributed by atoms with Gasteiger partial charge in [-0.2, -0.15) is 5.10 Å². The highest BCUT2D eigenvalue weighted by Crippen LogP contribution is 2.26. The lowest BCUT2D eigenvalue weighted by Gasteiger charge is -2.11. The van der Waals surface area contributed by atoms with Gasteiger partial charge in [-0.3, -0.25) is 4.79 Å². The van der Waals surface area contributed by atoms with Crippen LogP contribution in [0.3, 0.4) is 0 Å². The van der Waals surface area contributed by atoms with Crippen LogP contribution in [0, 0.1) is 13.8 Å². The van der Waals surface area contributed by atoms with Crippen LogP contribution < -0.4 is 0 Å². The Morgan fingerprint density at radius 3 is 2.18 bits per heavy atom. The zero-order chi connectivity index (χ0) is 19.7. The number of carbonyl (C=O) groups is 1. The SMILES string of the molecule is CC(=O)c1nn(/C(=N/c2c(C)cccc2C)c2ccccc2)c2ccccc12. The number of carbonyl (C=O) groups excluding carboxylic acids is 1. The quantitative estimate of drug-likeness (QED) is 0.273. The first-order chi connectivity index (χ1) is 13.6. The molecule has 0 N–H and O–H groups in total. The number of Topliss-reactive ketones (excluding diaryl/α,β-unsaturated/α-hetero) is 1. The number of aromatic nitrogens is 2. The maximum Gasteiger partial charge on any atom is 0.180 e. The maximum absolute atomic E-state index is 12.2. The topological polar surface area (TPSA) is 47.2 Å². The van der Waals surface area contributed by atoms with Crippen LogP contribution in [0.4, 0.5) is 5.69 Å². The Labute approximate surface area is 164 Å². The van der Waals surface area contributed by atoms with Gasteiger partial charge in [0, 0.05) is 17.9 Å². The zero-order valence-electron chi connectivity index (χ0n) is 16.2. The van der Waals surface area contributed by atoms with E-state index in [1.165, 1.54) is 0 Å². The maximum atomic E-state index is 12.2. The van der Waals surface area contributed by atoms with Crippen LogP contribution >= 0.6 is 0 Å². The minimum absolute atomic E-state index is 0.0607. The van der Waals surface area contributed by atoms with Crippen LogP contribution in [0.2, 0.25) is 0 Å². The number of ketones is 1. The summed E-state index contributed by atoms with van der Waals surface area (Å²) in [7, 11) is 0. The molecule has 3 aromatic carbocycles. The molecule has 1 aromatic heterocycles.